The lowest BCUT2D eigenvalue weighted by molar-refractivity contribution is -0.117. The second-order valence-corrected chi connectivity index (χ2v) is 8.60. The Labute approximate surface area is 200 Å². The van der Waals surface area contributed by atoms with Gasteiger partial charge >= 0.3 is 0 Å². The number of aromatic nitrogens is 2. The molecule has 0 bridgehead atoms. The van der Waals surface area contributed by atoms with Crippen LogP contribution in [0.2, 0.25) is 0 Å². The average Bonchev–Trinajstić information content (AvgIpc) is 3.43. The first kappa shape index (κ1) is 22.6. The van der Waals surface area contributed by atoms with Gasteiger partial charge in [0.1, 0.15) is 5.69 Å². The molecule has 3 amide bonds. The standard InChI is InChI=1S/C25H24FN5O4/c1-14-12-15(5-7-19(14)30-10-3-4-21(30)32)29-11-9-17-22(24(27)33)28-31(23(17)25(29)34)16-6-8-20(35-2)18(26)13-16/h5-8,12-13H,3-4,9-11H2,1-2H3,(H2,27,33). The summed E-state index contributed by atoms with van der Waals surface area (Å²) in [7, 11) is 1.35. The third kappa shape index (κ3) is 3.71. The summed E-state index contributed by atoms with van der Waals surface area (Å²) >= 11 is 0. The minimum atomic E-state index is -0.759. The summed E-state index contributed by atoms with van der Waals surface area (Å²) < 4.78 is 20.7. The largest absolute Gasteiger partial charge is 0.494 e. The molecule has 5 rings (SSSR count). The monoisotopic (exact) mass is 477 g/mol. The van der Waals surface area contributed by atoms with E-state index in [2.05, 4.69) is 5.10 Å². The van der Waals surface area contributed by atoms with Crippen LogP contribution in [0.4, 0.5) is 15.8 Å². The number of carbonyl (C=O) groups is 3. The molecule has 1 fully saturated rings. The third-order valence-corrected chi connectivity index (χ3v) is 6.49. The molecule has 180 valence electrons. The van der Waals surface area contributed by atoms with Crippen molar-refractivity contribution < 1.29 is 23.5 Å². The molecule has 0 spiro atoms. The van der Waals surface area contributed by atoms with Crippen molar-refractivity contribution in [2.24, 2.45) is 5.73 Å². The van der Waals surface area contributed by atoms with Crippen molar-refractivity contribution in [1.82, 2.24) is 9.78 Å². The lowest BCUT2D eigenvalue weighted by Gasteiger charge is -2.29. The number of nitrogens with two attached hydrogens (primary N) is 1. The zero-order chi connectivity index (χ0) is 24.9. The molecule has 0 atom stereocenters. The van der Waals surface area contributed by atoms with E-state index in [0.29, 0.717) is 37.2 Å². The molecular formula is C25H24FN5O4. The third-order valence-electron chi connectivity index (χ3n) is 6.49. The lowest BCUT2D eigenvalue weighted by atomic mass is 10.0. The van der Waals surface area contributed by atoms with E-state index in [9.17, 15) is 18.8 Å². The van der Waals surface area contributed by atoms with Crippen LogP contribution >= 0.6 is 0 Å². The van der Waals surface area contributed by atoms with E-state index in [1.165, 1.54) is 23.9 Å². The molecule has 35 heavy (non-hydrogen) atoms. The number of primary amides is 1. The smallest absolute Gasteiger partial charge is 0.277 e. The van der Waals surface area contributed by atoms with Crippen molar-refractivity contribution >= 4 is 29.1 Å². The Hall–Kier alpha value is -4.21. The number of aryl methyl sites for hydroxylation is 1. The topological polar surface area (TPSA) is 111 Å². The lowest BCUT2D eigenvalue weighted by Crippen LogP contribution is -2.39. The maximum absolute atomic E-state index is 14.4. The Morgan fingerprint density at radius 1 is 1.06 bits per heavy atom. The Bertz CT molecular complexity index is 1380. The fourth-order valence-corrected chi connectivity index (χ4v) is 4.79. The summed E-state index contributed by atoms with van der Waals surface area (Å²) in [5.74, 6) is -1.63. The molecule has 3 aromatic rings. The molecule has 9 nitrogen and oxygen atoms in total. The number of benzene rings is 2. The van der Waals surface area contributed by atoms with Gasteiger partial charge in [-0.05, 0) is 55.7 Å². The number of amides is 3. The van der Waals surface area contributed by atoms with E-state index in [0.717, 1.165) is 17.7 Å². The highest BCUT2D eigenvalue weighted by molar-refractivity contribution is 6.09. The number of hydrogen-bond acceptors (Lipinski definition) is 5. The second kappa shape index (κ2) is 8.53. The Kier molecular flexibility index (Phi) is 5.50. The normalized spacial score (nSPS) is 15.5. The number of halogens is 1. The van der Waals surface area contributed by atoms with Crippen LogP contribution in [0.15, 0.2) is 36.4 Å². The van der Waals surface area contributed by atoms with E-state index in [4.69, 9.17) is 10.5 Å². The summed E-state index contributed by atoms with van der Waals surface area (Å²) in [5.41, 5.74) is 8.75. The molecule has 0 saturated carbocycles. The van der Waals surface area contributed by atoms with Gasteiger partial charge < -0.3 is 20.3 Å². The molecule has 1 saturated heterocycles. The number of fused-ring (bicyclic) bond motifs is 1. The van der Waals surface area contributed by atoms with Crippen LogP contribution in [0.25, 0.3) is 5.69 Å². The SMILES string of the molecule is COc1ccc(-n2nc(C(N)=O)c3c2C(=O)N(c2ccc(N4CCCC4=O)c(C)c2)CC3)cc1F. The summed E-state index contributed by atoms with van der Waals surface area (Å²) in [6.07, 6.45) is 1.71. The number of ether oxygens (including phenoxy) is 1. The molecule has 0 aliphatic carbocycles. The van der Waals surface area contributed by atoms with Crippen LogP contribution in [-0.2, 0) is 11.2 Å². The molecular weight excluding hydrogens is 453 g/mol. The maximum atomic E-state index is 14.4. The molecule has 10 heteroatoms. The minimum Gasteiger partial charge on any atom is -0.494 e. The van der Waals surface area contributed by atoms with E-state index >= 15 is 0 Å². The van der Waals surface area contributed by atoms with E-state index in [1.54, 1.807) is 21.9 Å². The van der Waals surface area contributed by atoms with E-state index in [-0.39, 0.29) is 34.6 Å². The van der Waals surface area contributed by atoms with Crippen LogP contribution < -0.4 is 20.3 Å². The van der Waals surface area contributed by atoms with Gasteiger partial charge in [0, 0.05) is 42.5 Å². The highest BCUT2D eigenvalue weighted by Gasteiger charge is 2.35. The zero-order valence-corrected chi connectivity index (χ0v) is 19.4. The van der Waals surface area contributed by atoms with Crippen molar-refractivity contribution in [2.45, 2.75) is 26.2 Å². The van der Waals surface area contributed by atoms with Crippen LogP contribution in [0.3, 0.4) is 0 Å². The summed E-state index contributed by atoms with van der Waals surface area (Å²) in [5, 5.41) is 4.27. The zero-order valence-electron chi connectivity index (χ0n) is 19.4. The highest BCUT2D eigenvalue weighted by Crippen LogP contribution is 2.33. The van der Waals surface area contributed by atoms with Crippen molar-refractivity contribution in [1.29, 1.82) is 0 Å². The maximum Gasteiger partial charge on any atom is 0.277 e. The van der Waals surface area contributed by atoms with Gasteiger partial charge in [0.25, 0.3) is 11.8 Å². The molecule has 2 N–H and O–H groups in total. The molecule has 2 aromatic carbocycles. The molecule has 2 aliphatic rings. The van der Waals surface area contributed by atoms with Gasteiger partial charge in [-0.25, -0.2) is 9.07 Å². The highest BCUT2D eigenvalue weighted by atomic mass is 19.1. The molecule has 3 heterocycles. The Morgan fingerprint density at radius 2 is 1.83 bits per heavy atom. The van der Waals surface area contributed by atoms with E-state index in [1.807, 2.05) is 19.1 Å². The number of anilines is 2. The first-order chi connectivity index (χ1) is 16.8. The van der Waals surface area contributed by atoms with Gasteiger partial charge in [-0.1, -0.05) is 0 Å². The number of nitrogens with zero attached hydrogens (tertiary/aromatic N) is 4. The Morgan fingerprint density at radius 3 is 2.46 bits per heavy atom. The van der Waals surface area contributed by atoms with Gasteiger partial charge in [-0.2, -0.15) is 5.10 Å². The number of carbonyl (C=O) groups excluding carboxylic acids is 3. The average molecular weight is 477 g/mol. The number of hydrogen-bond donors (Lipinski definition) is 1. The summed E-state index contributed by atoms with van der Waals surface area (Å²) in [4.78, 5) is 41.3. The summed E-state index contributed by atoms with van der Waals surface area (Å²) in [6.45, 7) is 2.90. The molecule has 1 aromatic heterocycles. The fraction of sp³-hybridized carbons (Fsp3) is 0.280. The Balaban J connectivity index is 1.55. The van der Waals surface area contributed by atoms with Crippen molar-refractivity contribution in [3.63, 3.8) is 0 Å². The van der Waals surface area contributed by atoms with Gasteiger partial charge in [0.15, 0.2) is 17.3 Å². The van der Waals surface area contributed by atoms with Crippen molar-refractivity contribution in [3.8, 4) is 11.4 Å². The van der Waals surface area contributed by atoms with Gasteiger partial charge in [0.05, 0.1) is 12.8 Å². The molecule has 2 aliphatic heterocycles. The van der Waals surface area contributed by atoms with Crippen molar-refractivity contribution in [3.05, 3.63) is 64.7 Å². The van der Waals surface area contributed by atoms with E-state index < -0.39 is 11.7 Å². The number of rotatable bonds is 5. The van der Waals surface area contributed by atoms with Crippen LogP contribution in [0, 0.1) is 12.7 Å². The van der Waals surface area contributed by atoms with Gasteiger partial charge in [-0.3, -0.25) is 14.4 Å². The molecule has 0 unspecified atom stereocenters. The first-order valence-electron chi connectivity index (χ1n) is 11.3. The predicted molar refractivity (Wildman–Crippen MR) is 127 cm³/mol. The first-order valence-corrected chi connectivity index (χ1v) is 11.3. The van der Waals surface area contributed by atoms with Crippen LogP contribution in [-0.4, -0.2) is 47.7 Å². The quantitative estimate of drug-likeness (QED) is 0.608. The summed E-state index contributed by atoms with van der Waals surface area (Å²) in [6, 6.07) is 9.69. The fourth-order valence-electron chi connectivity index (χ4n) is 4.79. The predicted octanol–water partition coefficient (Wildman–Crippen LogP) is 2.76. The van der Waals surface area contributed by atoms with Crippen LogP contribution in [0.5, 0.6) is 5.75 Å². The van der Waals surface area contributed by atoms with Gasteiger partial charge in [0.2, 0.25) is 5.91 Å². The number of methoxy groups -OCH3 is 1. The van der Waals surface area contributed by atoms with Gasteiger partial charge in [-0.15, -0.1) is 0 Å². The second-order valence-electron chi connectivity index (χ2n) is 8.60. The molecule has 0 radical (unpaired) electrons. The minimum absolute atomic E-state index is 0.0108. The van der Waals surface area contributed by atoms with Crippen LogP contribution in [0.1, 0.15) is 44.9 Å². The van der Waals surface area contributed by atoms with Crippen molar-refractivity contribution in [2.75, 3.05) is 30.0 Å².